The molecule has 2 aromatic carbocycles. The molecule has 0 atom stereocenters. The predicted octanol–water partition coefficient (Wildman–Crippen LogP) is 3.86. The monoisotopic (exact) mass is 434 g/mol. The number of para-hydroxylation sites is 1. The van der Waals surface area contributed by atoms with Crippen LogP contribution in [0.15, 0.2) is 64.4 Å². The van der Waals surface area contributed by atoms with Gasteiger partial charge in [0.2, 0.25) is 10.0 Å². The maximum absolute atomic E-state index is 13.5. The number of aromatic nitrogens is 1. The largest absolute Gasteiger partial charge is 0.268 e. The fourth-order valence-corrected chi connectivity index (χ4v) is 5.77. The summed E-state index contributed by atoms with van der Waals surface area (Å²) in [7, 11) is -4.61. The Kier molecular flexibility index (Phi) is 6.16. The van der Waals surface area contributed by atoms with E-state index in [4.69, 9.17) is 0 Å². The SMILES string of the molecule is CCCCCc1cc2ccccc2n1S(=O)(=O)c1ccc(S(=O)(=O)N(C)C)cc1. The minimum Gasteiger partial charge on any atom is -0.238 e. The first kappa shape index (κ1) is 21.5. The van der Waals surface area contributed by atoms with Crippen LogP contribution in [-0.4, -0.2) is 39.2 Å². The van der Waals surface area contributed by atoms with E-state index in [1.54, 1.807) is 6.07 Å². The van der Waals surface area contributed by atoms with Crippen LogP contribution in [0.2, 0.25) is 0 Å². The molecule has 0 N–H and O–H groups in total. The molecule has 0 fully saturated rings. The number of sulfonamides is 1. The molecule has 29 heavy (non-hydrogen) atoms. The van der Waals surface area contributed by atoms with Crippen molar-refractivity contribution in [3.63, 3.8) is 0 Å². The number of hydrogen-bond donors (Lipinski definition) is 0. The van der Waals surface area contributed by atoms with Crippen molar-refractivity contribution < 1.29 is 16.8 Å². The minimum atomic E-state index is -3.86. The summed E-state index contributed by atoms with van der Waals surface area (Å²) in [6.07, 6.45) is 3.64. The van der Waals surface area contributed by atoms with E-state index in [0.717, 1.165) is 34.6 Å². The number of benzene rings is 2. The van der Waals surface area contributed by atoms with Crippen LogP contribution in [0.4, 0.5) is 0 Å². The highest BCUT2D eigenvalue weighted by molar-refractivity contribution is 7.90. The molecule has 0 amide bonds. The molecule has 1 heterocycles. The van der Waals surface area contributed by atoms with E-state index in [-0.39, 0.29) is 9.79 Å². The van der Waals surface area contributed by atoms with Crippen molar-refractivity contribution in [2.75, 3.05) is 14.1 Å². The van der Waals surface area contributed by atoms with Gasteiger partial charge in [0.15, 0.2) is 0 Å². The van der Waals surface area contributed by atoms with Gasteiger partial charge < -0.3 is 0 Å². The maximum atomic E-state index is 13.5. The molecule has 0 spiro atoms. The van der Waals surface area contributed by atoms with E-state index in [2.05, 4.69) is 6.92 Å². The van der Waals surface area contributed by atoms with Gasteiger partial charge in [-0.1, -0.05) is 38.0 Å². The van der Waals surface area contributed by atoms with Crippen LogP contribution in [0.5, 0.6) is 0 Å². The van der Waals surface area contributed by atoms with Crippen molar-refractivity contribution in [1.82, 2.24) is 8.28 Å². The number of nitrogens with zero attached hydrogens (tertiary/aromatic N) is 2. The number of rotatable bonds is 8. The molecule has 0 aliphatic rings. The zero-order valence-corrected chi connectivity index (χ0v) is 18.5. The number of unbranched alkanes of at least 4 members (excludes halogenated alkanes) is 2. The number of fused-ring (bicyclic) bond motifs is 1. The van der Waals surface area contributed by atoms with E-state index in [0.29, 0.717) is 11.9 Å². The van der Waals surface area contributed by atoms with Crippen molar-refractivity contribution in [2.45, 2.75) is 42.4 Å². The van der Waals surface area contributed by atoms with E-state index < -0.39 is 20.0 Å². The van der Waals surface area contributed by atoms with Crippen molar-refractivity contribution in [3.8, 4) is 0 Å². The molecule has 0 aliphatic carbocycles. The lowest BCUT2D eigenvalue weighted by Gasteiger charge is -2.14. The first-order valence-corrected chi connectivity index (χ1v) is 12.4. The molecule has 0 bridgehead atoms. The summed E-state index contributed by atoms with van der Waals surface area (Å²) in [5, 5.41) is 0.870. The highest BCUT2D eigenvalue weighted by atomic mass is 32.2. The third-order valence-electron chi connectivity index (χ3n) is 4.92. The van der Waals surface area contributed by atoms with Gasteiger partial charge in [-0.05, 0) is 49.2 Å². The minimum absolute atomic E-state index is 0.0574. The van der Waals surface area contributed by atoms with Gasteiger partial charge in [0.25, 0.3) is 10.0 Å². The summed E-state index contributed by atoms with van der Waals surface area (Å²) in [6.45, 7) is 2.11. The second-order valence-corrected chi connectivity index (χ2v) is 11.1. The Hall–Kier alpha value is -2.16. The average molecular weight is 435 g/mol. The number of aryl methyl sites for hydroxylation is 1. The van der Waals surface area contributed by atoms with Crippen molar-refractivity contribution in [3.05, 3.63) is 60.3 Å². The van der Waals surface area contributed by atoms with Gasteiger partial charge in [-0.25, -0.2) is 25.1 Å². The molecule has 0 radical (unpaired) electrons. The average Bonchev–Trinajstić information content (AvgIpc) is 3.07. The Morgan fingerprint density at radius 1 is 0.862 bits per heavy atom. The van der Waals surface area contributed by atoms with E-state index in [1.165, 1.54) is 42.3 Å². The van der Waals surface area contributed by atoms with Crippen LogP contribution in [0.1, 0.15) is 31.9 Å². The molecule has 0 saturated heterocycles. The summed E-state index contributed by atoms with van der Waals surface area (Å²) in [4.78, 5) is 0.121. The second kappa shape index (κ2) is 8.30. The molecule has 0 saturated carbocycles. The van der Waals surface area contributed by atoms with Crippen LogP contribution in [0.25, 0.3) is 10.9 Å². The van der Waals surface area contributed by atoms with Gasteiger partial charge in [0.1, 0.15) is 0 Å². The van der Waals surface area contributed by atoms with Crippen LogP contribution in [-0.2, 0) is 26.5 Å². The van der Waals surface area contributed by atoms with Crippen molar-refractivity contribution >= 4 is 30.9 Å². The molecular formula is C21H26N2O4S2. The lowest BCUT2D eigenvalue weighted by Crippen LogP contribution is -2.22. The van der Waals surface area contributed by atoms with Gasteiger partial charge in [0, 0.05) is 25.2 Å². The summed E-state index contributed by atoms with van der Waals surface area (Å²) >= 11 is 0. The fraction of sp³-hybridized carbons (Fsp3) is 0.333. The third kappa shape index (κ3) is 4.10. The Labute approximate surface area is 172 Å². The molecule has 6 nitrogen and oxygen atoms in total. The van der Waals surface area contributed by atoms with Crippen molar-refractivity contribution in [1.29, 1.82) is 0 Å². The molecule has 3 rings (SSSR count). The molecule has 0 aliphatic heterocycles. The molecular weight excluding hydrogens is 408 g/mol. The van der Waals surface area contributed by atoms with Crippen molar-refractivity contribution in [2.24, 2.45) is 0 Å². The van der Waals surface area contributed by atoms with Crippen LogP contribution in [0, 0.1) is 0 Å². The molecule has 3 aromatic rings. The van der Waals surface area contributed by atoms with E-state index in [9.17, 15) is 16.8 Å². The summed E-state index contributed by atoms with van der Waals surface area (Å²) in [5.74, 6) is 0. The molecule has 1 aromatic heterocycles. The second-order valence-electron chi connectivity index (χ2n) is 7.18. The smallest absolute Gasteiger partial charge is 0.238 e. The zero-order valence-electron chi connectivity index (χ0n) is 16.9. The van der Waals surface area contributed by atoms with Gasteiger partial charge in [-0.3, -0.25) is 0 Å². The fourth-order valence-electron chi connectivity index (χ4n) is 3.30. The predicted molar refractivity (Wildman–Crippen MR) is 115 cm³/mol. The first-order chi connectivity index (χ1) is 13.7. The molecule has 0 unspecified atom stereocenters. The summed E-state index contributed by atoms with van der Waals surface area (Å²) in [6, 6.07) is 14.7. The summed E-state index contributed by atoms with van der Waals surface area (Å²) in [5.41, 5.74) is 1.37. The molecule has 156 valence electrons. The Balaban J connectivity index is 2.09. The van der Waals surface area contributed by atoms with Crippen LogP contribution < -0.4 is 0 Å². The van der Waals surface area contributed by atoms with Gasteiger partial charge in [0.05, 0.1) is 15.3 Å². The quantitative estimate of drug-likeness (QED) is 0.505. The first-order valence-electron chi connectivity index (χ1n) is 9.57. The lowest BCUT2D eigenvalue weighted by atomic mass is 10.1. The zero-order chi connectivity index (χ0) is 21.2. The number of hydrogen-bond acceptors (Lipinski definition) is 4. The van der Waals surface area contributed by atoms with E-state index >= 15 is 0 Å². The maximum Gasteiger partial charge on any atom is 0.268 e. The molecule has 8 heteroatoms. The Morgan fingerprint density at radius 3 is 2.10 bits per heavy atom. The summed E-state index contributed by atoms with van der Waals surface area (Å²) < 4.78 is 54.0. The highest BCUT2D eigenvalue weighted by Crippen LogP contribution is 2.27. The highest BCUT2D eigenvalue weighted by Gasteiger charge is 2.24. The van der Waals surface area contributed by atoms with Crippen LogP contribution >= 0.6 is 0 Å². The van der Waals surface area contributed by atoms with Gasteiger partial charge >= 0.3 is 0 Å². The van der Waals surface area contributed by atoms with Gasteiger partial charge in [-0.15, -0.1) is 0 Å². The van der Waals surface area contributed by atoms with E-state index in [1.807, 2.05) is 24.3 Å². The third-order valence-corrected chi connectivity index (χ3v) is 8.52. The standard InChI is InChI=1S/C21H26N2O4S2/c1-4-5-6-10-18-16-17-9-7-8-11-21(17)23(18)29(26,27)20-14-12-19(13-15-20)28(24,25)22(2)3/h7-9,11-16H,4-6,10H2,1-3H3. The Morgan fingerprint density at radius 2 is 1.48 bits per heavy atom. The normalized spacial score (nSPS) is 12.7. The topological polar surface area (TPSA) is 76.5 Å². The van der Waals surface area contributed by atoms with Crippen LogP contribution in [0.3, 0.4) is 0 Å². The Bertz CT molecular complexity index is 1210. The van der Waals surface area contributed by atoms with Gasteiger partial charge in [-0.2, -0.15) is 0 Å². The lowest BCUT2D eigenvalue weighted by molar-refractivity contribution is 0.520.